The summed E-state index contributed by atoms with van der Waals surface area (Å²) in [6, 6.07) is 8.38. The van der Waals surface area contributed by atoms with Crippen LogP contribution in [0.1, 0.15) is 25.3 Å². The van der Waals surface area contributed by atoms with Crippen LogP contribution in [0, 0.1) is 12.8 Å². The summed E-state index contributed by atoms with van der Waals surface area (Å²) in [6.45, 7) is 5.10. The van der Waals surface area contributed by atoms with E-state index in [1.807, 2.05) is 31.2 Å². The Morgan fingerprint density at radius 2 is 2.29 bits per heavy atom. The van der Waals surface area contributed by atoms with Gasteiger partial charge in [0.2, 0.25) is 5.91 Å². The van der Waals surface area contributed by atoms with Gasteiger partial charge in [-0.15, -0.1) is 0 Å². The molecule has 1 aromatic rings. The van der Waals surface area contributed by atoms with Crippen LogP contribution >= 0.6 is 0 Å². The van der Waals surface area contributed by atoms with Crippen molar-refractivity contribution in [2.75, 3.05) is 11.9 Å². The fourth-order valence-electron chi connectivity index (χ4n) is 2.34. The zero-order valence-corrected chi connectivity index (χ0v) is 10.5. The van der Waals surface area contributed by atoms with Gasteiger partial charge in [-0.25, -0.2) is 0 Å². The Hall–Kier alpha value is -1.35. The summed E-state index contributed by atoms with van der Waals surface area (Å²) >= 11 is 0. The van der Waals surface area contributed by atoms with Crippen LogP contribution in [0.4, 0.5) is 5.69 Å². The molecular weight excluding hydrogens is 212 g/mol. The second kappa shape index (κ2) is 5.32. The molecule has 1 heterocycles. The monoisotopic (exact) mass is 232 g/mol. The Morgan fingerprint density at radius 1 is 1.47 bits per heavy atom. The van der Waals surface area contributed by atoms with Gasteiger partial charge in [0.1, 0.15) is 0 Å². The highest BCUT2D eigenvalue weighted by Gasteiger charge is 2.24. The molecule has 1 aliphatic heterocycles. The van der Waals surface area contributed by atoms with Crippen molar-refractivity contribution in [1.82, 2.24) is 5.32 Å². The fourth-order valence-corrected chi connectivity index (χ4v) is 2.34. The Bertz CT molecular complexity index is 403. The van der Waals surface area contributed by atoms with Crippen LogP contribution < -0.4 is 10.6 Å². The zero-order valence-electron chi connectivity index (χ0n) is 10.5. The average molecular weight is 232 g/mol. The number of aryl methyl sites for hydroxylation is 1. The number of hydrogen-bond acceptors (Lipinski definition) is 2. The summed E-state index contributed by atoms with van der Waals surface area (Å²) in [5.74, 6) is 0.302. The van der Waals surface area contributed by atoms with Crippen molar-refractivity contribution in [3.05, 3.63) is 29.8 Å². The Morgan fingerprint density at radius 3 is 3.00 bits per heavy atom. The lowest BCUT2D eigenvalue weighted by atomic mass is 9.92. The molecule has 3 nitrogen and oxygen atoms in total. The number of carbonyl (C=O) groups is 1. The molecular formula is C14H20N2O. The van der Waals surface area contributed by atoms with E-state index in [4.69, 9.17) is 0 Å². The number of piperidine rings is 1. The molecule has 17 heavy (non-hydrogen) atoms. The van der Waals surface area contributed by atoms with E-state index in [1.54, 1.807) is 0 Å². The molecule has 2 atom stereocenters. The molecule has 0 spiro atoms. The molecule has 0 bridgehead atoms. The van der Waals surface area contributed by atoms with Gasteiger partial charge in [0.15, 0.2) is 0 Å². The summed E-state index contributed by atoms with van der Waals surface area (Å²) in [4.78, 5) is 12.1. The van der Waals surface area contributed by atoms with Crippen LogP contribution in [0.2, 0.25) is 0 Å². The lowest BCUT2D eigenvalue weighted by Gasteiger charge is -2.27. The Labute approximate surface area is 103 Å². The first-order valence-electron chi connectivity index (χ1n) is 6.26. The number of anilines is 1. The van der Waals surface area contributed by atoms with Crippen molar-refractivity contribution in [2.45, 2.75) is 32.7 Å². The Balaban J connectivity index is 1.96. The number of benzene rings is 1. The maximum absolute atomic E-state index is 12.1. The van der Waals surface area contributed by atoms with Crippen LogP contribution in [0.5, 0.6) is 0 Å². The summed E-state index contributed by atoms with van der Waals surface area (Å²) in [5.41, 5.74) is 2.07. The van der Waals surface area contributed by atoms with Crippen LogP contribution in [-0.4, -0.2) is 18.5 Å². The van der Waals surface area contributed by atoms with Crippen LogP contribution in [0.25, 0.3) is 0 Å². The number of amides is 1. The van der Waals surface area contributed by atoms with Crippen molar-refractivity contribution in [2.24, 2.45) is 5.92 Å². The van der Waals surface area contributed by atoms with Crippen LogP contribution in [0.15, 0.2) is 24.3 Å². The van der Waals surface area contributed by atoms with Gasteiger partial charge in [0, 0.05) is 17.6 Å². The Kier molecular flexibility index (Phi) is 3.79. The summed E-state index contributed by atoms with van der Waals surface area (Å²) < 4.78 is 0. The summed E-state index contributed by atoms with van der Waals surface area (Å²) in [6.07, 6.45) is 1.86. The third kappa shape index (κ3) is 3.30. The highest BCUT2D eigenvalue weighted by Crippen LogP contribution is 2.19. The molecule has 0 radical (unpaired) electrons. The van der Waals surface area contributed by atoms with Crippen LogP contribution in [0.3, 0.4) is 0 Å². The van der Waals surface area contributed by atoms with Crippen LogP contribution in [-0.2, 0) is 4.79 Å². The minimum atomic E-state index is 0.145. The molecule has 1 aliphatic rings. The standard InChI is InChI=1S/C14H20N2O/c1-10-4-3-5-13(8-10)16-14(17)12-6-7-15-11(2)9-12/h3-5,8,11-12,15H,6-7,9H2,1-2H3,(H,16,17)/t11-,12-/m0/s1. The molecule has 0 aromatic heterocycles. The molecule has 1 saturated heterocycles. The normalized spacial score (nSPS) is 24.4. The molecule has 0 saturated carbocycles. The number of nitrogens with one attached hydrogen (secondary N) is 2. The van der Waals surface area contributed by atoms with Gasteiger partial charge >= 0.3 is 0 Å². The SMILES string of the molecule is Cc1cccc(NC(=O)[C@H]2CCN[C@@H](C)C2)c1. The first-order valence-corrected chi connectivity index (χ1v) is 6.26. The predicted molar refractivity (Wildman–Crippen MR) is 70.0 cm³/mol. The molecule has 0 aliphatic carbocycles. The second-order valence-corrected chi connectivity index (χ2v) is 4.94. The maximum atomic E-state index is 12.1. The first-order chi connectivity index (χ1) is 8.15. The number of rotatable bonds is 2. The minimum absolute atomic E-state index is 0.145. The number of hydrogen-bond donors (Lipinski definition) is 2. The second-order valence-electron chi connectivity index (χ2n) is 4.94. The van der Waals surface area contributed by atoms with E-state index in [-0.39, 0.29) is 11.8 Å². The topological polar surface area (TPSA) is 41.1 Å². The molecule has 1 amide bonds. The van der Waals surface area contributed by atoms with E-state index in [1.165, 1.54) is 5.56 Å². The molecule has 2 N–H and O–H groups in total. The smallest absolute Gasteiger partial charge is 0.227 e. The van der Waals surface area contributed by atoms with E-state index in [0.29, 0.717) is 6.04 Å². The van der Waals surface area contributed by atoms with Gasteiger partial charge < -0.3 is 10.6 Å². The van der Waals surface area contributed by atoms with Gasteiger partial charge in [0.25, 0.3) is 0 Å². The minimum Gasteiger partial charge on any atom is -0.326 e. The summed E-state index contributed by atoms with van der Waals surface area (Å²) in [7, 11) is 0. The molecule has 92 valence electrons. The predicted octanol–water partition coefficient (Wildman–Crippen LogP) is 2.32. The van der Waals surface area contributed by atoms with E-state index in [2.05, 4.69) is 17.6 Å². The maximum Gasteiger partial charge on any atom is 0.227 e. The fraction of sp³-hybridized carbons (Fsp3) is 0.500. The van der Waals surface area contributed by atoms with E-state index in [9.17, 15) is 4.79 Å². The molecule has 1 aromatic carbocycles. The van der Waals surface area contributed by atoms with Gasteiger partial charge in [-0.2, -0.15) is 0 Å². The van der Waals surface area contributed by atoms with E-state index >= 15 is 0 Å². The summed E-state index contributed by atoms with van der Waals surface area (Å²) in [5, 5.41) is 6.37. The van der Waals surface area contributed by atoms with Gasteiger partial charge in [-0.05, 0) is 50.9 Å². The number of carbonyl (C=O) groups excluding carboxylic acids is 1. The molecule has 3 heteroatoms. The van der Waals surface area contributed by atoms with Crippen molar-refractivity contribution >= 4 is 11.6 Å². The highest BCUT2D eigenvalue weighted by atomic mass is 16.1. The molecule has 1 fully saturated rings. The van der Waals surface area contributed by atoms with E-state index in [0.717, 1.165) is 25.1 Å². The van der Waals surface area contributed by atoms with Gasteiger partial charge in [-0.3, -0.25) is 4.79 Å². The highest BCUT2D eigenvalue weighted by molar-refractivity contribution is 5.92. The first kappa shape index (κ1) is 12.1. The average Bonchev–Trinajstić information content (AvgIpc) is 2.29. The largest absolute Gasteiger partial charge is 0.326 e. The van der Waals surface area contributed by atoms with Crippen molar-refractivity contribution in [1.29, 1.82) is 0 Å². The van der Waals surface area contributed by atoms with Crippen molar-refractivity contribution in [3.8, 4) is 0 Å². The lowest BCUT2D eigenvalue weighted by molar-refractivity contribution is -0.120. The van der Waals surface area contributed by atoms with E-state index < -0.39 is 0 Å². The van der Waals surface area contributed by atoms with Gasteiger partial charge in [0.05, 0.1) is 0 Å². The molecule has 2 rings (SSSR count). The third-order valence-electron chi connectivity index (χ3n) is 3.28. The quantitative estimate of drug-likeness (QED) is 0.821. The molecule has 0 unspecified atom stereocenters. The third-order valence-corrected chi connectivity index (χ3v) is 3.28. The van der Waals surface area contributed by atoms with Crippen molar-refractivity contribution in [3.63, 3.8) is 0 Å². The van der Waals surface area contributed by atoms with Crippen molar-refractivity contribution < 1.29 is 4.79 Å². The van der Waals surface area contributed by atoms with Gasteiger partial charge in [-0.1, -0.05) is 12.1 Å². The lowest BCUT2D eigenvalue weighted by Crippen LogP contribution is -2.40. The zero-order chi connectivity index (χ0) is 12.3.